The lowest BCUT2D eigenvalue weighted by Crippen LogP contribution is -2.13. The van der Waals surface area contributed by atoms with Crippen LogP contribution in [-0.4, -0.2) is 10.8 Å². The SMILES string of the molecule is N#C/C(=C\c1ccc(-c2ccc([N+](=O)[O-])cc2)o1)C(=O)Nc1ccc(Cl)c(Cl)c1. The van der Waals surface area contributed by atoms with Gasteiger partial charge in [0, 0.05) is 29.5 Å². The quantitative estimate of drug-likeness (QED) is 0.242. The number of anilines is 1. The number of hydrogen-bond donors (Lipinski definition) is 1. The first kappa shape index (κ1) is 20.1. The number of furan rings is 1. The number of nitrogens with one attached hydrogen (secondary N) is 1. The van der Waals surface area contributed by atoms with Crippen molar-refractivity contribution in [1.82, 2.24) is 0 Å². The Hall–Kier alpha value is -3.60. The summed E-state index contributed by atoms with van der Waals surface area (Å²) in [6.07, 6.45) is 1.29. The van der Waals surface area contributed by atoms with Gasteiger partial charge in [0.05, 0.1) is 15.0 Å². The molecule has 1 aromatic heterocycles. The minimum Gasteiger partial charge on any atom is -0.457 e. The van der Waals surface area contributed by atoms with Crippen molar-refractivity contribution >= 4 is 46.6 Å². The van der Waals surface area contributed by atoms with E-state index in [4.69, 9.17) is 27.6 Å². The van der Waals surface area contributed by atoms with E-state index in [0.29, 0.717) is 22.0 Å². The van der Waals surface area contributed by atoms with E-state index in [1.54, 1.807) is 30.3 Å². The molecule has 0 unspecified atom stereocenters. The van der Waals surface area contributed by atoms with E-state index < -0.39 is 10.8 Å². The van der Waals surface area contributed by atoms with E-state index in [1.165, 1.54) is 30.3 Å². The van der Waals surface area contributed by atoms with Gasteiger partial charge in [-0.15, -0.1) is 0 Å². The zero-order chi connectivity index (χ0) is 21.0. The molecule has 2 aromatic carbocycles. The fraction of sp³-hybridized carbons (Fsp3) is 0. The highest BCUT2D eigenvalue weighted by Gasteiger charge is 2.13. The molecule has 1 amide bonds. The molecular weight excluding hydrogens is 417 g/mol. The molecule has 29 heavy (non-hydrogen) atoms. The van der Waals surface area contributed by atoms with Gasteiger partial charge in [-0.25, -0.2) is 0 Å². The van der Waals surface area contributed by atoms with Crippen LogP contribution in [0.3, 0.4) is 0 Å². The fourth-order valence-electron chi connectivity index (χ4n) is 2.40. The molecule has 0 saturated carbocycles. The lowest BCUT2D eigenvalue weighted by molar-refractivity contribution is -0.384. The molecule has 0 spiro atoms. The highest BCUT2D eigenvalue weighted by molar-refractivity contribution is 6.42. The molecule has 3 aromatic rings. The van der Waals surface area contributed by atoms with Crippen molar-refractivity contribution in [3.63, 3.8) is 0 Å². The number of hydrogen-bond acceptors (Lipinski definition) is 5. The Morgan fingerprint density at radius 1 is 1.10 bits per heavy atom. The number of nitriles is 1. The van der Waals surface area contributed by atoms with Crippen LogP contribution in [0.1, 0.15) is 5.76 Å². The number of nitro benzene ring substituents is 1. The van der Waals surface area contributed by atoms with Crippen molar-refractivity contribution in [2.45, 2.75) is 0 Å². The maximum atomic E-state index is 12.3. The molecule has 0 fully saturated rings. The first-order chi connectivity index (χ1) is 13.9. The summed E-state index contributed by atoms with van der Waals surface area (Å²) in [6.45, 7) is 0. The normalized spacial score (nSPS) is 11.0. The van der Waals surface area contributed by atoms with Crippen LogP contribution in [0.25, 0.3) is 17.4 Å². The van der Waals surface area contributed by atoms with Gasteiger partial charge in [-0.2, -0.15) is 5.26 Å². The Kier molecular flexibility index (Phi) is 5.98. The van der Waals surface area contributed by atoms with Gasteiger partial charge >= 0.3 is 0 Å². The van der Waals surface area contributed by atoms with Crippen molar-refractivity contribution < 1.29 is 14.1 Å². The second-order valence-electron chi connectivity index (χ2n) is 5.76. The van der Waals surface area contributed by atoms with E-state index in [0.717, 1.165) is 0 Å². The zero-order valence-electron chi connectivity index (χ0n) is 14.6. The summed E-state index contributed by atoms with van der Waals surface area (Å²) < 4.78 is 5.62. The number of nitrogens with zero attached hydrogens (tertiary/aromatic N) is 2. The maximum Gasteiger partial charge on any atom is 0.269 e. The topological polar surface area (TPSA) is 109 Å². The molecule has 0 radical (unpaired) electrons. The lowest BCUT2D eigenvalue weighted by Gasteiger charge is -2.05. The fourth-order valence-corrected chi connectivity index (χ4v) is 2.69. The summed E-state index contributed by atoms with van der Waals surface area (Å²) in [5.41, 5.74) is 0.789. The number of carbonyl (C=O) groups is 1. The molecular formula is C20H11Cl2N3O4. The first-order valence-electron chi connectivity index (χ1n) is 8.10. The third-order valence-electron chi connectivity index (χ3n) is 3.82. The van der Waals surface area contributed by atoms with Crippen LogP contribution in [0, 0.1) is 21.4 Å². The lowest BCUT2D eigenvalue weighted by atomic mass is 10.1. The monoisotopic (exact) mass is 427 g/mol. The van der Waals surface area contributed by atoms with Crippen LogP contribution in [-0.2, 0) is 4.79 Å². The van der Waals surface area contributed by atoms with Gasteiger partial charge in [-0.3, -0.25) is 14.9 Å². The number of benzene rings is 2. The molecule has 0 aliphatic rings. The standard InChI is InChI=1S/C20H11Cl2N3O4/c21-17-7-3-14(10-18(17)22)24-20(26)13(11-23)9-16-6-8-19(29-16)12-1-4-15(5-2-12)25(27)28/h1-10H,(H,24,26)/b13-9+. The Bertz CT molecular complexity index is 1160. The number of nitro groups is 1. The smallest absolute Gasteiger partial charge is 0.269 e. The second kappa shape index (κ2) is 8.61. The van der Waals surface area contributed by atoms with Crippen molar-refractivity contribution in [2.75, 3.05) is 5.32 Å². The van der Waals surface area contributed by atoms with Gasteiger partial charge in [-0.1, -0.05) is 23.2 Å². The van der Waals surface area contributed by atoms with Crippen LogP contribution in [0.5, 0.6) is 0 Å². The van der Waals surface area contributed by atoms with Gasteiger partial charge in [-0.05, 0) is 42.5 Å². The molecule has 0 aliphatic heterocycles. The summed E-state index contributed by atoms with van der Waals surface area (Å²) >= 11 is 11.8. The summed E-state index contributed by atoms with van der Waals surface area (Å²) in [6, 6.07) is 15.4. The van der Waals surface area contributed by atoms with Crippen LogP contribution in [0.15, 0.2) is 64.6 Å². The molecule has 0 atom stereocenters. The van der Waals surface area contributed by atoms with Crippen molar-refractivity contribution in [3.05, 3.63) is 86.1 Å². The summed E-state index contributed by atoms with van der Waals surface area (Å²) in [5, 5.41) is 23.2. The summed E-state index contributed by atoms with van der Waals surface area (Å²) in [5.74, 6) is 0.0756. The number of carbonyl (C=O) groups excluding carboxylic acids is 1. The van der Waals surface area contributed by atoms with E-state index in [1.807, 2.05) is 6.07 Å². The number of non-ortho nitro benzene ring substituents is 1. The van der Waals surface area contributed by atoms with E-state index >= 15 is 0 Å². The highest BCUT2D eigenvalue weighted by atomic mass is 35.5. The van der Waals surface area contributed by atoms with Gasteiger partial charge in [0.25, 0.3) is 11.6 Å². The molecule has 3 rings (SSSR count). The van der Waals surface area contributed by atoms with Crippen LogP contribution in [0.2, 0.25) is 10.0 Å². The van der Waals surface area contributed by atoms with Gasteiger partial charge in [0.15, 0.2) is 0 Å². The van der Waals surface area contributed by atoms with Crippen molar-refractivity contribution in [2.24, 2.45) is 0 Å². The maximum absolute atomic E-state index is 12.3. The van der Waals surface area contributed by atoms with Crippen molar-refractivity contribution in [1.29, 1.82) is 5.26 Å². The molecule has 1 heterocycles. The second-order valence-corrected chi connectivity index (χ2v) is 6.57. The minimum absolute atomic E-state index is 0.0360. The van der Waals surface area contributed by atoms with Gasteiger partial charge < -0.3 is 9.73 Å². The minimum atomic E-state index is -0.640. The molecule has 9 heteroatoms. The number of rotatable bonds is 5. The predicted octanol–water partition coefficient (Wildman–Crippen LogP) is 5.71. The van der Waals surface area contributed by atoms with E-state index in [9.17, 15) is 20.2 Å². The Morgan fingerprint density at radius 2 is 1.83 bits per heavy atom. The summed E-state index contributed by atoms with van der Waals surface area (Å²) in [7, 11) is 0. The van der Waals surface area contributed by atoms with Gasteiger partial charge in [0.2, 0.25) is 0 Å². The Labute approximate surface area is 174 Å². The molecule has 7 nitrogen and oxygen atoms in total. The van der Waals surface area contributed by atoms with E-state index in [-0.39, 0.29) is 22.0 Å². The Morgan fingerprint density at radius 3 is 2.45 bits per heavy atom. The molecule has 0 aliphatic carbocycles. The third kappa shape index (κ3) is 4.82. The predicted molar refractivity (Wildman–Crippen MR) is 109 cm³/mol. The van der Waals surface area contributed by atoms with E-state index in [2.05, 4.69) is 5.32 Å². The molecule has 1 N–H and O–H groups in total. The molecule has 0 bridgehead atoms. The average Bonchev–Trinajstić information content (AvgIpc) is 3.17. The third-order valence-corrected chi connectivity index (χ3v) is 4.56. The van der Waals surface area contributed by atoms with Crippen LogP contribution >= 0.6 is 23.2 Å². The summed E-state index contributed by atoms with van der Waals surface area (Å²) in [4.78, 5) is 22.6. The number of amides is 1. The van der Waals surface area contributed by atoms with Crippen molar-refractivity contribution in [3.8, 4) is 17.4 Å². The molecule has 0 saturated heterocycles. The Balaban J connectivity index is 1.78. The average molecular weight is 428 g/mol. The van der Waals surface area contributed by atoms with Crippen LogP contribution in [0.4, 0.5) is 11.4 Å². The largest absolute Gasteiger partial charge is 0.457 e. The van der Waals surface area contributed by atoms with Gasteiger partial charge in [0.1, 0.15) is 23.2 Å². The van der Waals surface area contributed by atoms with Crippen LogP contribution < -0.4 is 5.32 Å². The highest BCUT2D eigenvalue weighted by Crippen LogP contribution is 2.27. The number of halogens is 2. The first-order valence-corrected chi connectivity index (χ1v) is 8.86. The molecule has 144 valence electrons. The zero-order valence-corrected chi connectivity index (χ0v) is 16.1.